The molecule has 0 bridgehead atoms. The maximum absolute atomic E-state index is 12.2. The van der Waals surface area contributed by atoms with Crippen molar-refractivity contribution in [1.29, 1.82) is 0 Å². The lowest BCUT2D eigenvalue weighted by molar-refractivity contribution is -0.197. The van der Waals surface area contributed by atoms with Gasteiger partial charge in [0.1, 0.15) is 0 Å². The van der Waals surface area contributed by atoms with Crippen LogP contribution in [0.25, 0.3) is 0 Å². The smallest absolute Gasteiger partial charge is 0.311 e. The molecule has 0 saturated heterocycles. The minimum atomic E-state index is -1.98. The van der Waals surface area contributed by atoms with Gasteiger partial charge in [-0.2, -0.15) is 0 Å². The second kappa shape index (κ2) is 6.41. The van der Waals surface area contributed by atoms with Crippen molar-refractivity contribution in [2.24, 2.45) is 22.7 Å². The Morgan fingerprint density at radius 1 is 0.750 bits per heavy atom. The lowest BCUT2D eigenvalue weighted by Gasteiger charge is -2.52. The van der Waals surface area contributed by atoms with E-state index in [1.807, 2.05) is 0 Å². The largest absolute Gasteiger partial charge is 0.481 e. The molecule has 134 valence electrons. The molecule has 0 aromatic carbocycles. The van der Waals surface area contributed by atoms with Crippen molar-refractivity contribution in [1.82, 2.24) is 0 Å². The zero-order valence-corrected chi connectivity index (χ0v) is 13.2. The summed E-state index contributed by atoms with van der Waals surface area (Å²) in [7, 11) is 0. The van der Waals surface area contributed by atoms with E-state index in [1.165, 1.54) is 0 Å². The Balaban J connectivity index is 2.63. The summed E-state index contributed by atoms with van der Waals surface area (Å²) >= 11 is 0. The predicted octanol–water partition coefficient (Wildman–Crippen LogP) is 1.68. The van der Waals surface area contributed by atoms with E-state index >= 15 is 0 Å². The Morgan fingerprint density at radius 2 is 1.42 bits per heavy atom. The summed E-state index contributed by atoms with van der Waals surface area (Å²) in [5.74, 6) is -7.62. The van der Waals surface area contributed by atoms with Crippen LogP contribution in [0, 0.1) is 22.7 Å². The number of carboxylic acid groups (broad SMARTS) is 4. The van der Waals surface area contributed by atoms with Crippen LogP contribution in [0.5, 0.6) is 0 Å². The van der Waals surface area contributed by atoms with Crippen LogP contribution in [0.15, 0.2) is 0 Å². The first-order valence-corrected chi connectivity index (χ1v) is 8.11. The van der Waals surface area contributed by atoms with E-state index in [0.717, 1.165) is 0 Å². The quantitative estimate of drug-likeness (QED) is 0.589. The van der Waals surface area contributed by atoms with Crippen molar-refractivity contribution in [3.05, 3.63) is 0 Å². The topological polar surface area (TPSA) is 149 Å². The van der Waals surface area contributed by atoms with Crippen molar-refractivity contribution in [2.75, 3.05) is 0 Å². The van der Waals surface area contributed by atoms with Crippen LogP contribution in [0.3, 0.4) is 0 Å². The highest BCUT2D eigenvalue weighted by Gasteiger charge is 2.68. The molecule has 4 unspecified atom stereocenters. The lowest BCUT2D eigenvalue weighted by Crippen LogP contribution is -2.61. The fraction of sp³-hybridized carbons (Fsp3) is 0.750. The summed E-state index contributed by atoms with van der Waals surface area (Å²) in [6.07, 6.45) is 1.15. The molecule has 0 aromatic heterocycles. The fourth-order valence-corrected chi connectivity index (χ4v) is 4.82. The fourth-order valence-electron chi connectivity index (χ4n) is 4.82. The van der Waals surface area contributed by atoms with E-state index in [9.17, 15) is 39.6 Å². The van der Waals surface area contributed by atoms with Crippen LogP contribution in [0.1, 0.15) is 51.4 Å². The highest BCUT2D eigenvalue weighted by atomic mass is 16.4. The van der Waals surface area contributed by atoms with Gasteiger partial charge in [-0.3, -0.25) is 19.2 Å². The van der Waals surface area contributed by atoms with Crippen molar-refractivity contribution in [2.45, 2.75) is 51.4 Å². The molecule has 4 atom stereocenters. The van der Waals surface area contributed by atoms with E-state index in [1.54, 1.807) is 0 Å². The molecule has 2 saturated carbocycles. The molecule has 2 fully saturated rings. The van der Waals surface area contributed by atoms with E-state index in [-0.39, 0.29) is 38.5 Å². The van der Waals surface area contributed by atoms with Gasteiger partial charge in [0.25, 0.3) is 0 Å². The average molecular weight is 342 g/mol. The lowest BCUT2D eigenvalue weighted by atomic mass is 9.47. The summed E-state index contributed by atoms with van der Waals surface area (Å²) in [5, 5.41) is 38.7. The van der Waals surface area contributed by atoms with Gasteiger partial charge in [-0.1, -0.05) is 19.3 Å². The predicted molar refractivity (Wildman–Crippen MR) is 79.3 cm³/mol. The van der Waals surface area contributed by atoms with Crippen molar-refractivity contribution < 1.29 is 39.6 Å². The van der Waals surface area contributed by atoms with Gasteiger partial charge in [0.15, 0.2) is 0 Å². The second-order valence-corrected chi connectivity index (χ2v) is 6.93. The summed E-state index contributed by atoms with van der Waals surface area (Å²) in [5.41, 5.74) is -3.85. The second-order valence-electron chi connectivity index (χ2n) is 6.93. The molecule has 0 aromatic rings. The van der Waals surface area contributed by atoms with Crippen molar-refractivity contribution in [3.8, 4) is 0 Å². The first-order valence-electron chi connectivity index (χ1n) is 8.11. The van der Waals surface area contributed by atoms with E-state index in [4.69, 9.17) is 0 Å². The summed E-state index contributed by atoms with van der Waals surface area (Å²) in [6.45, 7) is 0. The molecule has 0 aliphatic heterocycles. The Morgan fingerprint density at radius 3 is 1.92 bits per heavy atom. The average Bonchev–Trinajstić information content (AvgIpc) is 2.54. The van der Waals surface area contributed by atoms with Crippen LogP contribution in [-0.2, 0) is 19.2 Å². The molecule has 8 nitrogen and oxygen atoms in total. The maximum Gasteiger partial charge on any atom is 0.311 e. The van der Waals surface area contributed by atoms with Crippen molar-refractivity contribution >= 4 is 23.9 Å². The summed E-state index contributed by atoms with van der Waals surface area (Å²) < 4.78 is 0. The van der Waals surface area contributed by atoms with Gasteiger partial charge in [-0.15, -0.1) is 0 Å². The molecular weight excluding hydrogens is 320 g/mol. The van der Waals surface area contributed by atoms with E-state index in [2.05, 4.69) is 0 Å². The van der Waals surface area contributed by atoms with E-state index < -0.39 is 46.5 Å². The van der Waals surface area contributed by atoms with Crippen LogP contribution in [0.4, 0.5) is 0 Å². The molecule has 0 amide bonds. The van der Waals surface area contributed by atoms with Gasteiger partial charge in [0.2, 0.25) is 0 Å². The zero-order chi connectivity index (χ0) is 18.1. The maximum atomic E-state index is 12.2. The molecule has 0 radical (unpaired) electrons. The van der Waals surface area contributed by atoms with Crippen molar-refractivity contribution in [3.63, 3.8) is 0 Å². The molecule has 8 heteroatoms. The molecule has 0 heterocycles. The Kier molecular flexibility index (Phi) is 4.87. The van der Waals surface area contributed by atoms with Crippen LogP contribution < -0.4 is 0 Å². The first-order chi connectivity index (χ1) is 11.2. The van der Waals surface area contributed by atoms with Gasteiger partial charge in [-0.05, 0) is 32.1 Å². The molecule has 4 N–H and O–H groups in total. The van der Waals surface area contributed by atoms with Gasteiger partial charge in [0, 0.05) is 0 Å². The zero-order valence-electron chi connectivity index (χ0n) is 13.2. The summed E-state index contributed by atoms with van der Waals surface area (Å²) in [6, 6.07) is 0. The Bertz CT molecular complexity index is 570. The van der Waals surface area contributed by atoms with Gasteiger partial charge in [-0.25, -0.2) is 0 Å². The normalized spacial score (nSPS) is 36.7. The van der Waals surface area contributed by atoms with Crippen LogP contribution in [0.2, 0.25) is 0 Å². The highest BCUT2D eigenvalue weighted by Crippen LogP contribution is 2.60. The third-order valence-corrected chi connectivity index (χ3v) is 5.95. The molecule has 24 heavy (non-hydrogen) atoms. The number of aliphatic carboxylic acids is 4. The van der Waals surface area contributed by atoms with Gasteiger partial charge in [0.05, 0.1) is 22.7 Å². The van der Waals surface area contributed by atoms with Gasteiger partial charge >= 0.3 is 23.9 Å². The Hall–Kier alpha value is -2.12. The van der Waals surface area contributed by atoms with Crippen LogP contribution in [-0.4, -0.2) is 44.3 Å². The number of carboxylic acids is 4. The molecule has 2 aliphatic rings. The monoisotopic (exact) mass is 342 g/mol. The molecule has 2 rings (SSSR count). The molecule has 0 spiro atoms. The third-order valence-electron chi connectivity index (χ3n) is 5.95. The minimum Gasteiger partial charge on any atom is -0.481 e. The number of hydrogen-bond acceptors (Lipinski definition) is 4. The van der Waals surface area contributed by atoms with Gasteiger partial charge < -0.3 is 20.4 Å². The Labute approximate surface area is 138 Å². The highest BCUT2D eigenvalue weighted by molar-refractivity contribution is 5.92. The first kappa shape index (κ1) is 18.2. The third kappa shape index (κ3) is 2.53. The molecule has 2 aliphatic carbocycles. The van der Waals surface area contributed by atoms with E-state index in [0.29, 0.717) is 12.8 Å². The molecular formula is C16H22O8. The standard InChI is InChI=1S/C16H22O8/c17-11(18)9-4-3-6-15(8-9,13(21)22)16(14(23)24)7-2-1-5-10(16)12(19)20/h9-10H,1-8H2,(H,17,18)(H,19,20)(H,21,22)(H,23,24). The van der Waals surface area contributed by atoms with Crippen LogP contribution >= 0.6 is 0 Å². The number of carbonyl (C=O) groups is 4. The minimum absolute atomic E-state index is 0.0117. The SMILES string of the molecule is O=C(O)C1CCCC(C(=O)O)(C2(C(=O)O)CCCCC2C(=O)O)C1. The number of rotatable bonds is 5. The summed E-state index contributed by atoms with van der Waals surface area (Å²) in [4.78, 5) is 47.5. The number of hydrogen-bond donors (Lipinski definition) is 4.